The lowest BCUT2D eigenvalue weighted by atomic mass is 9.73. The van der Waals surface area contributed by atoms with Gasteiger partial charge in [0.05, 0.1) is 0 Å². The first-order chi connectivity index (χ1) is 9.14. The maximum absolute atomic E-state index is 14.1. The highest BCUT2D eigenvalue weighted by atomic mass is 19.1. The van der Waals surface area contributed by atoms with Crippen molar-refractivity contribution >= 4 is 0 Å². The predicted octanol–water partition coefficient (Wildman–Crippen LogP) is 4.59. The number of nitrogens with one attached hydrogen (secondary N) is 1. The molecule has 3 heteroatoms. The van der Waals surface area contributed by atoms with E-state index < -0.39 is 11.6 Å². The van der Waals surface area contributed by atoms with Gasteiger partial charge in [-0.25, -0.2) is 8.78 Å². The Balaban J connectivity index is 2.45. The second kappa shape index (κ2) is 6.00. The summed E-state index contributed by atoms with van der Waals surface area (Å²) in [6, 6.07) is 3.94. The van der Waals surface area contributed by atoms with Gasteiger partial charge in [-0.1, -0.05) is 32.8 Å². The van der Waals surface area contributed by atoms with Crippen molar-refractivity contribution in [1.29, 1.82) is 0 Å². The molecule has 1 nitrogen and oxygen atoms in total. The summed E-state index contributed by atoms with van der Waals surface area (Å²) in [7, 11) is 0. The van der Waals surface area contributed by atoms with Crippen LogP contribution in [0.2, 0.25) is 0 Å². The van der Waals surface area contributed by atoms with Gasteiger partial charge in [0, 0.05) is 11.6 Å². The summed E-state index contributed by atoms with van der Waals surface area (Å²) in [6.07, 6.45) is 5.37. The average Bonchev–Trinajstić information content (AvgIpc) is 2.87. The van der Waals surface area contributed by atoms with Crippen molar-refractivity contribution in [3.05, 3.63) is 35.4 Å². The van der Waals surface area contributed by atoms with Crippen molar-refractivity contribution in [3.8, 4) is 0 Å². The van der Waals surface area contributed by atoms with Crippen molar-refractivity contribution in [2.75, 3.05) is 6.54 Å². The van der Waals surface area contributed by atoms with Crippen molar-refractivity contribution in [1.82, 2.24) is 5.32 Å². The molecule has 1 unspecified atom stereocenters. The van der Waals surface area contributed by atoms with Crippen LogP contribution in [-0.2, 0) is 0 Å². The minimum atomic E-state index is -0.425. The monoisotopic (exact) mass is 267 g/mol. The Labute approximate surface area is 114 Å². The van der Waals surface area contributed by atoms with Crippen LogP contribution in [0.15, 0.2) is 18.2 Å². The Morgan fingerprint density at radius 2 is 1.74 bits per heavy atom. The first kappa shape index (κ1) is 14.4. The Morgan fingerprint density at radius 1 is 1.16 bits per heavy atom. The van der Waals surface area contributed by atoms with Gasteiger partial charge in [0.25, 0.3) is 0 Å². The topological polar surface area (TPSA) is 12.0 Å². The van der Waals surface area contributed by atoms with E-state index in [-0.39, 0.29) is 17.0 Å². The summed E-state index contributed by atoms with van der Waals surface area (Å²) in [5.41, 5.74) is 0.229. The van der Waals surface area contributed by atoms with Crippen molar-refractivity contribution in [2.45, 2.75) is 52.0 Å². The second-order valence-electron chi connectivity index (χ2n) is 5.55. The second-order valence-corrected chi connectivity index (χ2v) is 5.55. The molecule has 0 aromatic heterocycles. The highest BCUT2D eigenvalue weighted by Crippen LogP contribution is 2.50. The summed E-state index contributed by atoms with van der Waals surface area (Å²) < 4.78 is 28.2. The van der Waals surface area contributed by atoms with E-state index in [0.717, 1.165) is 38.6 Å². The molecule has 2 rings (SSSR count). The minimum Gasteiger partial charge on any atom is -0.310 e. The van der Waals surface area contributed by atoms with E-state index in [1.807, 2.05) is 6.92 Å². The Hall–Kier alpha value is -0.960. The molecule has 1 atom stereocenters. The fraction of sp³-hybridized carbons (Fsp3) is 0.625. The fourth-order valence-electron chi connectivity index (χ4n) is 3.54. The fourth-order valence-corrected chi connectivity index (χ4v) is 3.54. The van der Waals surface area contributed by atoms with Gasteiger partial charge < -0.3 is 5.32 Å². The molecule has 0 bridgehead atoms. The van der Waals surface area contributed by atoms with E-state index in [0.29, 0.717) is 0 Å². The average molecular weight is 267 g/mol. The zero-order chi connectivity index (χ0) is 13.9. The summed E-state index contributed by atoms with van der Waals surface area (Å²) in [6.45, 7) is 4.85. The number of rotatable bonds is 5. The largest absolute Gasteiger partial charge is 0.310 e. The maximum Gasteiger partial charge on any atom is 0.130 e. The van der Waals surface area contributed by atoms with E-state index >= 15 is 0 Å². The van der Waals surface area contributed by atoms with Crippen molar-refractivity contribution < 1.29 is 8.78 Å². The summed E-state index contributed by atoms with van der Waals surface area (Å²) >= 11 is 0. The Kier molecular flexibility index (Phi) is 4.56. The molecule has 1 aromatic rings. The normalized spacial score (nSPS) is 19.6. The molecule has 0 heterocycles. The van der Waals surface area contributed by atoms with Crippen LogP contribution in [0.3, 0.4) is 0 Å². The number of hydrogen-bond donors (Lipinski definition) is 1. The number of halogens is 2. The molecule has 19 heavy (non-hydrogen) atoms. The Morgan fingerprint density at radius 3 is 2.21 bits per heavy atom. The molecule has 106 valence electrons. The molecule has 0 amide bonds. The smallest absolute Gasteiger partial charge is 0.130 e. The lowest BCUT2D eigenvalue weighted by Gasteiger charge is -2.38. The van der Waals surface area contributed by atoms with Crippen LogP contribution >= 0.6 is 0 Å². The third-order valence-electron chi connectivity index (χ3n) is 4.61. The van der Waals surface area contributed by atoms with Gasteiger partial charge in [0.2, 0.25) is 0 Å². The third kappa shape index (κ3) is 2.66. The van der Waals surface area contributed by atoms with E-state index in [1.54, 1.807) is 0 Å². The maximum atomic E-state index is 14.1. The molecule has 0 saturated heterocycles. The molecule has 1 fully saturated rings. The van der Waals surface area contributed by atoms with Gasteiger partial charge in [-0.15, -0.1) is 0 Å². The van der Waals surface area contributed by atoms with Crippen molar-refractivity contribution in [2.24, 2.45) is 5.41 Å². The minimum absolute atomic E-state index is 0.000949. The van der Waals surface area contributed by atoms with Crippen molar-refractivity contribution in [3.63, 3.8) is 0 Å². The number of benzene rings is 1. The molecule has 0 radical (unpaired) electrons. The summed E-state index contributed by atoms with van der Waals surface area (Å²) in [5.74, 6) is -0.851. The highest BCUT2D eigenvalue weighted by molar-refractivity contribution is 5.26. The third-order valence-corrected chi connectivity index (χ3v) is 4.61. The summed E-state index contributed by atoms with van der Waals surface area (Å²) in [4.78, 5) is 0. The molecule has 1 aromatic carbocycles. The molecule has 0 spiro atoms. The van der Waals surface area contributed by atoms with E-state index in [2.05, 4.69) is 12.2 Å². The van der Waals surface area contributed by atoms with Gasteiger partial charge >= 0.3 is 0 Å². The van der Waals surface area contributed by atoms with Crippen LogP contribution in [0.4, 0.5) is 8.78 Å². The molecular weight excluding hydrogens is 244 g/mol. The van der Waals surface area contributed by atoms with Crippen LogP contribution in [0, 0.1) is 17.0 Å². The van der Waals surface area contributed by atoms with Crippen LogP contribution in [0.1, 0.15) is 57.6 Å². The molecule has 1 N–H and O–H groups in total. The Bertz CT molecular complexity index is 405. The first-order valence-electron chi connectivity index (χ1n) is 7.32. The van der Waals surface area contributed by atoms with Crippen LogP contribution < -0.4 is 5.32 Å². The quantitative estimate of drug-likeness (QED) is 0.823. The predicted molar refractivity (Wildman–Crippen MR) is 74.0 cm³/mol. The van der Waals surface area contributed by atoms with Gasteiger partial charge in [0.1, 0.15) is 11.6 Å². The van der Waals surface area contributed by atoms with Crippen LogP contribution in [-0.4, -0.2) is 6.54 Å². The zero-order valence-corrected chi connectivity index (χ0v) is 11.8. The standard InChI is InChI=1S/C16H23F2N/c1-3-16(10-5-6-11-16)15(19-4-2)14-12(17)8-7-9-13(14)18/h7-9,15,19H,3-6,10-11H2,1-2H3. The van der Waals surface area contributed by atoms with Gasteiger partial charge in [0.15, 0.2) is 0 Å². The lowest BCUT2D eigenvalue weighted by molar-refractivity contribution is 0.181. The molecule has 1 saturated carbocycles. The molecular formula is C16H23F2N. The number of hydrogen-bond acceptors (Lipinski definition) is 1. The van der Waals surface area contributed by atoms with E-state index in [9.17, 15) is 8.78 Å². The first-order valence-corrected chi connectivity index (χ1v) is 7.32. The van der Waals surface area contributed by atoms with Crippen LogP contribution in [0.5, 0.6) is 0 Å². The SMILES string of the molecule is CCNC(c1c(F)cccc1F)C1(CC)CCCC1. The van der Waals surface area contributed by atoms with Gasteiger partial charge in [-0.05, 0) is 43.4 Å². The summed E-state index contributed by atoms with van der Waals surface area (Å²) in [5, 5.41) is 3.33. The molecule has 0 aliphatic heterocycles. The highest BCUT2D eigenvalue weighted by Gasteiger charge is 2.42. The van der Waals surface area contributed by atoms with Gasteiger partial charge in [-0.3, -0.25) is 0 Å². The molecule has 1 aliphatic carbocycles. The van der Waals surface area contributed by atoms with Crippen LogP contribution in [0.25, 0.3) is 0 Å². The zero-order valence-electron chi connectivity index (χ0n) is 11.8. The van der Waals surface area contributed by atoms with Gasteiger partial charge in [-0.2, -0.15) is 0 Å². The van der Waals surface area contributed by atoms with E-state index in [4.69, 9.17) is 0 Å². The molecule has 1 aliphatic rings. The lowest BCUT2D eigenvalue weighted by Crippen LogP contribution is -2.37. The van der Waals surface area contributed by atoms with E-state index in [1.165, 1.54) is 18.2 Å².